The lowest BCUT2D eigenvalue weighted by molar-refractivity contribution is 0.670. The van der Waals surface area contributed by atoms with Crippen LogP contribution in [0.25, 0.3) is 78.4 Å². The highest BCUT2D eigenvalue weighted by Crippen LogP contribution is 2.37. The lowest BCUT2D eigenvalue weighted by atomic mass is 10.0. The molecule has 2 heterocycles. The van der Waals surface area contributed by atoms with Gasteiger partial charge in [0.1, 0.15) is 11.2 Å². The third-order valence-corrected chi connectivity index (χ3v) is 7.12. The summed E-state index contributed by atoms with van der Waals surface area (Å²) in [7, 11) is 0. The van der Waals surface area contributed by atoms with Crippen molar-refractivity contribution in [2.45, 2.75) is 0 Å². The Morgan fingerprint density at radius 1 is 0.442 bits per heavy atom. The van der Waals surface area contributed by atoms with Crippen LogP contribution < -0.4 is 0 Å². The molecule has 0 aliphatic heterocycles. The fraction of sp³-hybridized carbons (Fsp3) is 0. The van der Waals surface area contributed by atoms with Gasteiger partial charge in [0.25, 0.3) is 0 Å². The summed E-state index contributed by atoms with van der Waals surface area (Å²) in [6.45, 7) is 0. The van der Waals surface area contributed by atoms with Gasteiger partial charge in [-0.1, -0.05) is 133 Å². The van der Waals surface area contributed by atoms with Gasteiger partial charge < -0.3 is 4.42 Å². The van der Waals surface area contributed by atoms with Crippen LogP contribution in [0.1, 0.15) is 13.7 Å². The summed E-state index contributed by atoms with van der Waals surface area (Å²) in [5, 5.41) is 1.38. The van der Waals surface area contributed by atoms with Crippen molar-refractivity contribution in [1.82, 2.24) is 15.0 Å². The monoisotopic (exact) mass is 561 g/mol. The molecule has 0 bridgehead atoms. The second-order valence-electron chi connectivity index (χ2n) is 9.74. The number of furan rings is 1. The first-order valence-corrected chi connectivity index (χ1v) is 13.5. The number of rotatable bonds is 5. The predicted octanol–water partition coefficient (Wildman–Crippen LogP) is 10.1. The average molecular weight is 562 g/mol. The Morgan fingerprint density at radius 2 is 1.02 bits per heavy atom. The van der Waals surface area contributed by atoms with E-state index in [1.807, 2.05) is 48.5 Å². The molecule has 0 aliphatic carbocycles. The Bertz CT molecular complexity index is 2730. The highest BCUT2D eigenvalue weighted by atomic mass is 16.3. The average Bonchev–Trinajstić information content (AvgIpc) is 3.57. The number of fused-ring (bicyclic) bond motifs is 3. The van der Waals surface area contributed by atoms with Crippen molar-refractivity contribution in [3.8, 4) is 56.4 Å². The van der Waals surface area contributed by atoms with Crippen molar-refractivity contribution in [2.75, 3.05) is 0 Å². The zero-order valence-corrected chi connectivity index (χ0v) is 22.4. The molecule has 202 valence electrons. The molecule has 0 unspecified atom stereocenters. The van der Waals surface area contributed by atoms with Crippen LogP contribution in [0.5, 0.6) is 0 Å². The number of aromatic nitrogens is 3. The zero-order valence-electron chi connectivity index (χ0n) is 32.4. The quantitative estimate of drug-likeness (QED) is 0.210. The molecule has 0 aliphatic rings. The summed E-state index contributed by atoms with van der Waals surface area (Å²) in [4.78, 5) is 14.5. The molecule has 0 N–H and O–H groups in total. The molecule has 43 heavy (non-hydrogen) atoms. The maximum atomic E-state index is 8.53. The van der Waals surface area contributed by atoms with Gasteiger partial charge in [0, 0.05) is 33.0 Å². The first-order valence-electron chi connectivity index (χ1n) is 18.5. The van der Waals surface area contributed by atoms with Crippen LogP contribution in [-0.2, 0) is 0 Å². The SMILES string of the molecule is [2H]c1c([2H])c([2H])c(-c2ccc(-c3nc(-c4ccccc4)nc(-c4ccc5oc6c(-c7c([2H])c([2H])c([2H])c([2H])c7[2H])cccc6c5c4)n3)cc2)c([2H])c1[2H]. The van der Waals surface area contributed by atoms with E-state index in [4.69, 9.17) is 33.1 Å². The van der Waals surface area contributed by atoms with Crippen molar-refractivity contribution >= 4 is 21.9 Å². The number of hydrogen-bond acceptors (Lipinski definition) is 4. The van der Waals surface area contributed by atoms with Crippen molar-refractivity contribution < 1.29 is 18.1 Å². The lowest BCUT2D eigenvalue weighted by Gasteiger charge is -2.09. The molecule has 8 rings (SSSR count). The molecule has 0 atom stereocenters. The second kappa shape index (κ2) is 10.5. The largest absolute Gasteiger partial charge is 0.455 e. The Kier molecular flexibility index (Phi) is 4.04. The van der Waals surface area contributed by atoms with Gasteiger partial charge in [0.05, 0.1) is 13.7 Å². The predicted molar refractivity (Wildman–Crippen MR) is 174 cm³/mol. The van der Waals surface area contributed by atoms with Gasteiger partial charge in [-0.15, -0.1) is 0 Å². The van der Waals surface area contributed by atoms with E-state index < -0.39 is 36.3 Å². The molecule has 0 saturated heterocycles. The molecule has 2 aromatic heterocycles. The lowest BCUT2D eigenvalue weighted by Crippen LogP contribution is -2.00. The Labute approximate surface area is 263 Å². The van der Waals surface area contributed by atoms with Gasteiger partial charge in [-0.3, -0.25) is 0 Å². The molecule has 0 fully saturated rings. The van der Waals surface area contributed by atoms with Crippen molar-refractivity contribution in [2.24, 2.45) is 0 Å². The minimum absolute atomic E-state index is 0.0491. The summed E-state index contributed by atoms with van der Waals surface area (Å²) >= 11 is 0. The minimum atomic E-state index is -0.471. The van der Waals surface area contributed by atoms with Crippen molar-refractivity contribution in [3.05, 3.63) is 151 Å². The van der Waals surface area contributed by atoms with E-state index in [-0.39, 0.29) is 35.3 Å². The number of para-hydroxylation sites is 1. The Morgan fingerprint density at radius 3 is 1.72 bits per heavy atom. The summed E-state index contributed by atoms with van der Waals surface area (Å²) in [6, 6.07) is 23.1. The van der Waals surface area contributed by atoms with Gasteiger partial charge in [-0.05, 0) is 34.9 Å². The van der Waals surface area contributed by atoms with Crippen LogP contribution in [0.15, 0.2) is 156 Å². The van der Waals surface area contributed by atoms with E-state index in [1.54, 1.807) is 42.5 Å². The minimum Gasteiger partial charge on any atom is -0.455 e. The first-order chi connectivity index (χ1) is 25.4. The molecule has 8 aromatic rings. The van der Waals surface area contributed by atoms with Crippen LogP contribution >= 0.6 is 0 Å². The topological polar surface area (TPSA) is 51.8 Å². The van der Waals surface area contributed by atoms with E-state index in [2.05, 4.69) is 0 Å². The maximum absolute atomic E-state index is 8.53. The Hall–Kier alpha value is -5.87. The van der Waals surface area contributed by atoms with E-state index in [1.165, 1.54) is 0 Å². The highest BCUT2D eigenvalue weighted by molar-refractivity contribution is 6.10. The molecule has 0 radical (unpaired) electrons. The summed E-state index contributed by atoms with van der Waals surface area (Å²) in [5.41, 5.74) is 3.87. The molecule has 0 amide bonds. The normalized spacial score (nSPS) is 14.5. The molecule has 4 nitrogen and oxygen atoms in total. The highest BCUT2D eigenvalue weighted by Gasteiger charge is 2.16. The van der Waals surface area contributed by atoms with Crippen LogP contribution in [0, 0.1) is 0 Å². The van der Waals surface area contributed by atoms with E-state index in [9.17, 15) is 0 Å². The number of nitrogens with zero attached hydrogens (tertiary/aromatic N) is 3. The molecule has 6 aromatic carbocycles. The van der Waals surface area contributed by atoms with Crippen LogP contribution in [0.4, 0.5) is 0 Å². The second-order valence-corrected chi connectivity index (χ2v) is 9.74. The van der Waals surface area contributed by atoms with Crippen molar-refractivity contribution in [1.29, 1.82) is 0 Å². The molecule has 0 spiro atoms. The van der Waals surface area contributed by atoms with Crippen LogP contribution in [0.2, 0.25) is 0 Å². The fourth-order valence-electron chi connectivity index (χ4n) is 5.05. The maximum Gasteiger partial charge on any atom is 0.164 e. The zero-order chi connectivity index (χ0) is 37.3. The van der Waals surface area contributed by atoms with Gasteiger partial charge in [-0.25, -0.2) is 15.0 Å². The molecule has 4 heteroatoms. The number of benzene rings is 6. The Balaban J connectivity index is 1.27. The van der Waals surface area contributed by atoms with Gasteiger partial charge in [0.15, 0.2) is 17.5 Å². The third kappa shape index (κ3) is 4.65. The summed E-state index contributed by atoms with van der Waals surface area (Å²) in [5.74, 6) is 1.13. The van der Waals surface area contributed by atoms with E-state index in [0.29, 0.717) is 61.7 Å². The van der Waals surface area contributed by atoms with E-state index in [0.717, 1.165) is 5.56 Å². The third-order valence-electron chi connectivity index (χ3n) is 7.12. The summed E-state index contributed by atoms with van der Waals surface area (Å²) in [6.07, 6.45) is 0. The smallest absolute Gasteiger partial charge is 0.164 e. The van der Waals surface area contributed by atoms with Gasteiger partial charge in [0.2, 0.25) is 0 Å². The van der Waals surface area contributed by atoms with Crippen LogP contribution in [0.3, 0.4) is 0 Å². The van der Waals surface area contributed by atoms with Crippen LogP contribution in [-0.4, -0.2) is 15.0 Å². The van der Waals surface area contributed by atoms with E-state index >= 15 is 0 Å². The molecular formula is C39H25N3O. The van der Waals surface area contributed by atoms with Gasteiger partial charge in [-0.2, -0.15) is 0 Å². The van der Waals surface area contributed by atoms with Gasteiger partial charge >= 0.3 is 0 Å². The van der Waals surface area contributed by atoms with Crippen molar-refractivity contribution in [3.63, 3.8) is 0 Å². The standard InChI is InChI=1S/C39H25N3O/c1-4-11-26(12-5-1)27-19-21-30(22-20-27)38-40-37(29-15-8-3-9-16-29)41-39(42-38)31-23-24-35-34(25-31)33-18-10-17-32(36(33)43-35)28-13-6-2-7-14-28/h1-25H/i1D,2D,4D,5D,6D,7D,11D,12D,13D,14D. The fourth-order valence-corrected chi connectivity index (χ4v) is 5.05. The summed E-state index contributed by atoms with van der Waals surface area (Å²) < 4.78 is 88.5. The molecular weight excluding hydrogens is 526 g/mol. The first kappa shape index (κ1) is 16.5. The number of hydrogen-bond donors (Lipinski definition) is 0. The molecule has 0 saturated carbocycles.